The zero-order valence-electron chi connectivity index (χ0n) is 14.7. The van der Waals surface area contributed by atoms with E-state index in [1.807, 2.05) is 68.4 Å². The summed E-state index contributed by atoms with van der Waals surface area (Å²) in [6.07, 6.45) is 0.271. The van der Waals surface area contributed by atoms with Crippen LogP contribution in [0.25, 0.3) is 11.4 Å². The van der Waals surface area contributed by atoms with E-state index >= 15 is 0 Å². The molecule has 3 aromatic rings. The Balaban J connectivity index is 1.72. The summed E-state index contributed by atoms with van der Waals surface area (Å²) in [6.45, 7) is 3.93. The maximum atomic E-state index is 12.5. The van der Waals surface area contributed by atoms with Gasteiger partial charge in [-0.25, -0.2) is 9.97 Å². The summed E-state index contributed by atoms with van der Waals surface area (Å²) < 4.78 is 0. The summed E-state index contributed by atoms with van der Waals surface area (Å²) in [5.74, 6) is 1.01. The van der Waals surface area contributed by atoms with E-state index in [2.05, 4.69) is 15.1 Å². The van der Waals surface area contributed by atoms with Crippen LogP contribution in [0.4, 0.5) is 5.82 Å². The van der Waals surface area contributed by atoms with Crippen LogP contribution in [0.3, 0.4) is 0 Å². The first-order valence-corrected chi connectivity index (χ1v) is 8.49. The van der Waals surface area contributed by atoms with Gasteiger partial charge in [0.25, 0.3) is 5.91 Å². The van der Waals surface area contributed by atoms with Gasteiger partial charge in [-0.2, -0.15) is 10.1 Å². The first kappa shape index (κ1) is 16.1. The van der Waals surface area contributed by atoms with Gasteiger partial charge in [0.05, 0.1) is 12.1 Å². The maximum absolute atomic E-state index is 12.5. The normalized spacial score (nSPS) is 13.8. The molecule has 0 aliphatic carbocycles. The molecule has 5 nitrogen and oxygen atoms in total. The Morgan fingerprint density at radius 2 is 1.62 bits per heavy atom. The SMILES string of the molecule is Cc1ccc(C2=NN(c3cc(C)nc(-c4ccccc4)n3)C(=O)C2)cc1. The fourth-order valence-corrected chi connectivity index (χ4v) is 2.89. The van der Waals surface area contributed by atoms with E-state index in [1.165, 1.54) is 10.6 Å². The maximum Gasteiger partial charge on any atom is 0.254 e. The van der Waals surface area contributed by atoms with Crippen molar-refractivity contribution >= 4 is 17.4 Å². The number of anilines is 1. The molecule has 1 aromatic heterocycles. The average Bonchev–Trinajstić information content (AvgIpc) is 3.04. The lowest BCUT2D eigenvalue weighted by atomic mass is 10.1. The van der Waals surface area contributed by atoms with Crippen molar-refractivity contribution in [3.8, 4) is 11.4 Å². The number of carbonyl (C=O) groups is 1. The number of carbonyl (C=O) groups excluding carboxylic acids is 1. The Hall–Kier alpha value is -3.34. The van der Waals surface area contributed by atoms with Crippen LogP contribution in [-0.2, 0) is 4.79 Å². The Morgan fingerprint density at radius 1 is 0.885 bits per heavy atom. The minimum absolute atomic E-state index is 0.0855. The van der Waals surface area contributed by atoms with Gasteiger partial charge in [0.15, 0.2) is 11.6 Å². The van der Waals surface area contributed by atoms with Crippen LogP contribution in [0.5, 0.6) is 0 Å². The Bertz CT molecular complexity index is 994. The van der Waals surface area contributed by atoms with Crippen molar-refractivity contribution in [3.05, 3.63) is 77.5 Å². The molecule has 0 saturated heterocycles. The summed E-state index contributed by atoms with van der Waals surface area (Å²) in [4.78, 5) is 21.6. The van der Waals surface area contributed by atoms with Crippen LogP contribution < -0.4 is 5.01 Å². The molecule has 0 N–H and O–H groups in total. The van der Waals surface area contributed by atoms with Crippen LogP contribution in [0.15, 0.2) is 65.8 Å². The lowest BCUT2D eigenvalue weighted by Gasteiger charge is -2.12. The van der Waals surface area contributed by atoms with E-state index in [-0.39, 0.29) is 12.3 Å². The van der Waals surface area contributed by atoms with Crippen LogP contribution in [0.2, 0.25) is 0 Å². The van der Waals surface area contributed by atoms with Crippen molar-refractivity contribution in [2.24, 2.45) is 5.10 Å². The van der Waals surface area contributed by atoms with Gasteiger partial charge in [-0.15, -0.1) is 0 Å². The summed E-state index contributed by atoms with van der Waals surface area (Å²) >= 11 is 0. The van der Waals surface area contributed by atoms with Gasteiger partial charge >= 0.3 is 0 Å². The molecule has 2 aromatic carbocycles. The lowest BCUT2D eigenvalue weighted by Crippen LogP contribution is -2.21. The highest BCUT2D eigenvalue weighted by Crippen LogP contribution is 2.24. The monoisotopic (exact) mass is 342 g/mol. The summed E-state index contributed by atoms with van der Waals surface area (Å²) in [5, 5.41) is 5.91. The molecule has 0 fully saturated rings. The molecule has 0 radical (unpaired) electrons. The third kappa shape index (κ3) is 3.11. The number of nitrogens with zero attached hydrogens (tertiary/aromatic N) is 4. The quantitative estimate of drug-likeness (QED) is 0.725. The van der Waals surface area contributed by atoms with Crippen molar-refractivity contribution in [3.63, 3.8) is 0 Å². The van der Waals surface area contributed by atoms with E-state index in [0.717, 1.165) is 22.5 Å². The van der Waals surface area contributed by atoms with Gasteiger partial charge in [0, 0.05) is 17.3 Å². The van der Waals surface area contributed by atoms with E-state index in [9.17, 15) is 4.79 Å². The van der Waals surface area contributed by atoms with Crippen molar-refractivity contribution < 1.29 is 4.79 Å². The fraction of sp³-hybridized carbons (Fsp3) is 0.143. The van der Waals surface area contributed by atoms with Crippen LogP contribution in [0.1, 0.15) is 23.2 Å². The Labute approximate surface area is 152 Å². The first-order chi connectivity index (χ1) is 12.6. The van der Waals surface area contributed by atoms with Crippen LogP contribution >= 0.6 is 0 Å². The van der Waals surface area contributed by atoms with Gasteiger partial charge in [-0.3, -0.25) is 4.79 Å². The molecular weight excluding hydrogens is 324 g/mol. The minimum Gasteiger partial charge on any atom is -0.272 e. The molecule has 0 saturated carbocycles. The van der Waals surface area contributed by atoms with E-state index < -0.39 is 0 Å². The van der Waals surface area contributed by atoms with Crippen molar-refractivity contribution in [1.29, 1.82) is 0 Å². The molecule has 26 heavy (non-hydrogen) atoms. The molecule has 2 heterocycles. The molecule has 128 valence electrons. The minimum atomic E-state index is -0.0855. The molecule has 5 heteroatoms. The molecule has 0 unspecified atom stereocenters. The smallest absolute Gasteiger partial charge is 0.254 e. The lowest BCUT2D eigenvalue weighted by molar-refractivity contribution is -0.116. The van der Waals surface area contributed by atoms with Crippen molar-refractivity contribution in [2.45, 2.75) is 20.3 Å². The molecule has 1 amide bonds. The number of hydrogen-bond donors (Lipinski definition) is 0. The number of benzene rings is 2. The van der Waals surface area contributed by atoms with Gasteiger partial charge < -0.3 is 0 Å². The summed E-state index contributed by atoms with van der Waals surface area (Å²) in [6, 6.07) is 19.5. The number of amides is 1. The summed E-state index contributed by atoms with van der Waals surface area (Å²) in [5.41, 5.74) is 4.59. The topological polar surface area (TPSA) is 58.5 Å². The zero-order valence-corrected chi connectivity index (χ0v) is 14.7. The predicted octanol–water partition coefficient (Wildman–Crippen LogP) is 3.90. The molecule has 0 bridgehead atoms. The molecule has 0 atom stereocenters. The molecule has 4 rings (SSSR count). The van der Waals surface area contributed by atoms with Gasteiger partial charge in [-0.1, -0.05) is 60.2 Å². The number of rotatable bonds is 3. The van der Waals surface area contributed by atoms with Gasteiger partial charge in [-0.05, 0) is 19.4 Å². The Morgan fingerprint density at radius 3 is 2.35 bits per heavy atom. The fourth-order valence-electron chi connectivity index (χ4n) is 2.89. The number of hydrazone groups is 1. The third-order valence-electron chi connectivity index (χ3n) is 4.25. The standard InChI is InChI=1S/C21H18N4O/c1-14-8-10-16(11-9-14)18-13-20(26)25(24-18)19-12-15(2)22-21(23-19)17-6-4-3-5-7-17/h3-12H,13H2,1-2H3. The highest BCUT2D eigenvalue weighted by molar-refractivity contribution is 6.19. The Kier molecular flexibility index (Phi) is 4.05. The molecule has 0 spiro atoms. The molecule has 1 aliphatic rings. The zero-order chi connectivity index (χ0) is 18.1. The number of aromatic nitrogens is 2. The highest BCUT2D eigenvalue weighted by Gasteiger charge is 2.27. The van der Waals surface area contributed by atoms with E-state index in [4.69, 9.17) is 0 Å². The van der Waals surface area contributed by atoms with Gasteiger partial charge in [0.2, 0.25) is 0 Å². The largest absolute Gasteiger partial charge is 0.272 e. The highest BCUT2D eigenvalue weighted by atomic mass is 16.2. The third-order valence-corrected chi connectivity index (χ3v) is 4.25. The van der Waals surface area contributed by atoms with Crippen LogP contribution in [0, 0.1) is 13.8 Å². The van der Waals surface area contributed by atoms with Crippen LogP contribution in [-0.4, -0.2) is 21.6 Å². The average molecular weight is 342 g/mol. The van der Waals surface area contributed by atoms with Crippen molar-refractivity contribution in [1.82, 2.24) is 9.97 Å². The number of hydrogen-bond acceptors (Lipinski definition) is 4. The molecular formula is C21H18N4O. The van der Waals surface area contributed by atoms with E-state index in [0.29, 0.717) is 11.6 Å². The second-order valence-corrected chi connectivity index (χ2v) is 6.35. The van der Waals surface area contributed by atoms with Gasteiger partial charge in [0.1, 0.15) is 0 Å². The first-order valence-electron chi connectivity index (χ1n) is 8.49. The molecule has 1 aliphatic heterocycles. The number of aryl methyl sites for hydroxylation is 2. The van der Waals surface area contributed by atoms with E-state index in [1.54, 1.807) is 6.07 Å². The summed E-state index contributed by atoms with van der Waals surface area (Å²) in [7, 11) is 0. The van der Waals surface area contributed by atoms with Crippen molar-refractivity contribution in [2.75, 3.05) is 5.01 Å². The second kappa shape index (κ2) is 6.52. The predicted molar refractivity (Wildman–Crippen MR) is 102 cm³/mol. The second-order valence-electron chi connectivity index (χ2n) is 6.35.